The average molecular weight is 542 g/mol. The van der Waals surface area contributed by atoms with Crippen LogP contribution >= 0.6 is 0 Å². The van der Waals surface area contributed by atoms with Gasteiger partial charge < -0.3 is 19.9 Å². The Balaban J connectivity index is 1.54. The van der Waals surface area contributed by atoms with Gasteiger partial charge in [0.2, 0.25) is 11.8 Å². The zero-order chi connectivity index (χ0) is 28.7. The van der Waals surface area contributed by atoms with Crippen LogP contribution in [0.15, 0.2) is 24.3 Å². The molecule has 212 valence electrons. The molecule has 9 nitrogen and oxygen atoms in total. The maximum atomic E-state index is 13.8. The van der Waals surface area contributed by atoms with E-state index in [-0.39, 0.29) is 41.7 Å². The van der Waals surface area contributed by atoms with Gasteiger partial charge in [-0.05, 0) is 63.1 Å². The first-order valence-corrected chi connectivity index (χ1v) is 13.7. The molecule has 3 amide bonds. The molecule has 4 rings (SSSR count). The number of piperazine rings is 1. The van der Waals surface area contributed by atoms with Crippen LogP contribution in [0.3, 0.4) is 0 Å². The number of nitriles is 1. The number of nitrogens with one attached hydrogen (secondary N) is 1. The zero-order valence-corrected chi connectivity index (χ0v) is 23.7. The Morgan fingerprint density at radius 1 is 1.18 bits per heavy atom. The lowest BCUT2D eigenvalue weighted by Gasteiger charge is -2.45. The number of halogens is 1. The highest BCUT2D eigenvalue weighted by Crippen LogP contribution is 2.45. The third kappa shape index (κ3) is 6.19. The number of hydrogen-bond donors (Lipinski definition) is 1. The minimum Gasteiger partial charge on any atom is -0.444 e. The number of ether oxygens (including phenoxy) is 1. The summed E-state index contributed by atoms with van der Waals surface area (Å²) in [7, 11) is 0. The molecule has 1 N–H and O–H groups in total. The summed E-state index contributed by atoms with van der Waals surface area (Å²) in [4.78, 5) is 45.4. The zero-order valence-electron chi connectivity index (χ0n) is 23.7. The molecular weight excluding hydrogens is 501 g/mol. The van der Waals surface area contributed by atoms with E-state index >= 15 is 0 Å². The quantitative estimate of drug-likeness (QED) is 0.590. The van der Waals surface area contributed by atoms with E-state index in [1.165, 1.54) is 17.0 Å². The van der Waals surface area contributed by atoms with Gasteiger partial charge in [-0.1, -0.05) is 32.9 Å². The van der Waals surface area contributed by atoms with Gasteiger partial charge in [0.15, 0.2) is 0 Å². The maximum Gasteiger partial charge on any atom is 0.408 e. The summed E-state index contributed by atoms with van der Waals surface area (Å²) in [5, 5.41) is 12.2. The predicted molar refractivity (Wildman–Crippen MR) is 143 cm³/mol. The van der Waals surface area contributed by atoms with Crippen LogP contribution in [0.25, 0.3) is 0 Å². The minimum absolute atomic E-state index is 0.0324. The molecule has 3 aliphatic heterocycles. The lowest BCUT2D eigenvalue weighted by atomic mass is 9.80. The summed E-state index contributed by atoms with van der Waals surface area (Å²) < 4.78 is 19.1. The van der Waals surface area contributed by atoms with Crippen molar-refractivity contribution in [1.29, 1.82) is 5.26 Å². The summed E-state index contributed by atoms with van der Waals surface area (Å²) in [6.07, 6.45) is 1.23. The molecule has 5 atom stereocenters. The lowest BCUT2D eigenvalue weighted by molar-refractivity contribution is -0.144. The Morgan fingerprint density at radius 3 is 2.41 bits per heavy atom. The van der Waals surface area contributed by atoms with Crippen LogP contribution in [0.2, 0.25) is 0 Å². The molecule has 10 heteroatoms. The van der Waals surface area contributed by atoms with E-state index in [0.717, 1.165) is 12.0 Å². The van der Waals surface area contributed by atoms with Crippen LogP contribution in [-0.2, 0) is 14.3 Å². The Bertz CT molecular complexity index is 1140. The molecule has 1 aromatic rings. The Labute approximate surface area is 230 Å². The monoisotopic (exact) mass is 541 g/mol. The van der Waals surface area contributed by atoms with Gasteiger partial charge in [-0.25, -0.2) is 9.18 Å². The summed E-state index contributed by atoms with van der Waals surface area (Å²) >= 11 is 0. The van der Waals surface area contributed by atoms with E-state index < -0.39 is 29.8 Å². The van der Waals surface area contributed by atoms with Gasteiger partial charge in [-0.2, -0.15) is 5.26 Å². The van der Waals surface area contributed by atoms with Crippen molar-refractivity contribution >= 4 is 17.9 Å². The van der Waals surface area contributed by atoms with Gasteiger partial charge in [0.05, 0.1) is 18.2 Å². The Morgan fingerprint density at radius 2 is 1.85 bits per heavy atom. The van der Waals surface area contributed by atoms with Crippen molar-refractivity contribution in [2.24, 2.45) is 5.41 Å². The molecule has 3 fully saturated rings. The van der Waals surface area contributed by atoms with Gasteiger partial charge in [-0.3, -0.25) is 14.5 Å². The van der Waals surface area contributed by atoms with Gasteiger partial charge in [0.25, 0.3) is 0 Å². The van der Waals surface area contributed by atoms with Gasteiger partial charge in [-0.15, -0.1) is 0 Å². The molecule has 1 aromatic carbocycles. The Kier molecular flexibility index (Phi) is 7.95. The molecule has 0 aliphatic carbocycles. The highest BCUT2D eigenvalue weighted by molar-refractivity contribution is 5.88. The van der Waals surface area contributed by atoms with Crippen LogP contribution in [0.4, 0.5) is 9.18 Å². The van der Waals surface area contributed by atoms with Gasteiger partial charge in [0.1, 0.15) is 23.5 Å². The third-order valence-corrected chi connectivity index (χ3v) is 7.69. The van der Waals surface area contributed by atoms with Crippen LogP contribution in [0.1, 0.15) is 72.4 Å². The number of benzene rings is 1. The molecule has 3 saturated heterocycles. The highest BCUT2D eigenvalue weighted by Gasteiger charge is 2.54. The average Bonchev–Trinajstić information content (AvgIpc) is 3.53. The third-order valence-electron chi connectivity index (χ3n) is 7.69. The van der Waals surface area contributed by atoms with E-state index in [9.17, 15) is 24.0 Å². The second kappa shape index (κ2) is 10.8. The first-order chi connectivity index (χ1) is 18.2. The molecule has 0 radical (unpaired) electrons. The van der Waals surface area contributed by atoms with Crippen molar-refractivity contribution in [2.75, 3.05) is 19.6 Å². The standard InChI is InChI=1S/C29H40FN5O4/c1-28(2,3)24(18-9-11-19(30)12-10-18)35-21-14-23(26(35)37)33(16-21)17-22(32-27(38)39-29(4,5)6)25(36)34-13-7-8-20(34)15-31/h9-12,20-24H,7-8,13-14,16-17H2,1-6H3,(H,32,38)/t20-,21-,22-,23-,24+/m0/s1. The van der Waals surface area contributed by atoms with Crippen molar-refractivity contribution in [3.05, 3.63) is 35.6 Å². The number of fused-ring (bicyclic) bond motifs is 2. The topological polar surface area (TPSA) is 106 Å². The van der Waals surface area contributed by atoms with E-state index in [1.54, 1.807) is 32.9 Å². The summed E-state index contributed by atoms with van der Waals surface area (Å²) in [6.45, 7) is 12.6. The molecule has 39 heavy (non-hydrogen) atoms. The van der Waals surface area contributed by atoms with E-state index in [4.69, 9.17) is 4.74 Å². The molecule has 0 spiro atoms. The molecule has 3 aliphatic rings. The predicted octanol–water partition coefficient (Wildman–Crippen LogP) is 3.61. The van der Waals surface area contributed by atoms with Crippen LogP contribution in [-0.4, -0.2) is 82.0 Å². The number of likely N-dealkylation sites (tertiary alicyclic amines) is 3. The van der Waals surface area contributed by atoms with Crippen LogP contribution in [0.5, 0.6) is 0 Å². The summed E-state index contributed by atoms with van der Waals surface area (Å²) in [6, 6.07) is 6.28. The van der Waals surface area contributed by atoms with Gasteiger partial charge in [0, 0.05) is 25.7 Å². The second-order valence-electron chi connectivity index (χ2n) is 12.9. The molecule has 0 unspecified atom stereocenters. The minimum atomic E-state index is -0.954. The summed E-state index contributed by atoms with van der Waals surface area (Å²) in [5.41, 5.74) is -0.152. The van der Waals surface area contributed by atoms with Crippen LogP contribution in [0, 0.1) is 22.6 Å². The Hall–Kier alpha value is -3.19. The van der Waals surface area contributed by atoms with Crippen molar-refractivity contribution in [2.45, 2.75) is 96.6 Å². The first kappa shape index (κ1) is 28.8. The molecular formula is C29H40FN5O4. The maximum absolute atomic E-state index is 13.8. The SMILES string of the molecule is CC(C)(C)OC(=O)N[C@@H](CN1C[C@@H]2C[C@H]1C(=O)N2[C@H](c1ccc(F)cc1)C(C)(C)C)C(=O)N1CCC[C@H]1C#N. The van der Waals surface area contributed by atoms with E-state index in [1.807, 2.05) is 9.80 Å². The highest BCUT2D eigenvalue weighted by atomic mass is 19.1. The number of amides is 3. The summed E-state index contributed by atoms with van der Waals surface area (Å²) in [5.74, 6) is -0.692. The number of carbonyl (C=O) groups excluding carboxylic acids is 3. The second-order valence-corrected chi connectivity index (χ2v) is 12.9. The fourth-order valence-corrected chi connectivity index (χ4v) is 6.19. The fraction of sp³-hybridized carbons (Fsp3) is 0.655. The first-order valence-electron chi connectivity index (χ1n) is 13.7. The lowest BCUT2D eigenvalue weighted by Crippen LogP contribution is -2.59. The fourth-order valence-electron chi connectivity index (χ4n) is 6.19. The van der Waals surface area contributed by atoms with Crippen molar-refractivity contribution in [3.63, 3.8) is 0 Å². The van der Waals surface area contributed by atoms with Crippen molar-refractivity contribution in [3.8, 4) is 6.07 Å². The molecule has 0 aromatic heterocycles. The smallest absolute Gasteiger partial charge is 0.408 e. The number of alkyl carbamates (subject to hydrolysis) is 1. The molecule has 3 heterocycles. The number of carbonyl (C=O) groups is 3. The number of rotatable bonds is 6. The van der Waals surface area contributed by atoms with Crippen LogP contribution < -0.4 is 5.32 Å². The molecule has 2 bridgehead atoms. The van der Waals surface area contributed by atoms with Crippen molar-refractivity contribution < 1.29 is 23.5 Å². The van der Waals surface area contributed by atoms with Gasteiger partial charge >= 0.3 is 6.09 Å². The van der Waals surface area contributed by atoms with Crippen molar-refractivity contribution in [1.82, 2.24) is 20.0 Å². The molecule has 0 saturated carbocycles. The van der Waals surface area contributed by atoms with E-state index in [2.05, 4.69) is 32.2 Å². The number of nitrogens with zero attached hydrogens (tertiary/aromatic N) is 4. The number of hydrogen-bond acceptors (Lipinski definition) is 6. The van der Waals surface area contributed by atoms with E-state index in [0.29, 0.717) is 25.9 Å². The normalized spacial score (nSPS) is 25.0. The largest absolute Gasteiger partial charge is 0.444 e.